The molecule has 0 atom stereocenters. The molecule has 2 aromatic rings. The van der Waals surface area contributed by atoms with E-state index in [4.69, 9.17) is 5.14 Å². The zero-order chi connectivity index (χ0) is 17.1. The molecule has 0 aliphatic carbocycles. The SMILES string of the molecule is CC(C)(CNC(=O)c1ccc(S(N)(=O)=O)cc1)c1ccncc1. The number of rotatable bonds is 5. The van der Waals surface area contributed by atoms with Gasteiger partial charge in [-0.1, -0.05) is 13.8 Å². The Morgan fingerprint density at radius 2 is 1.70 bits per heavy atom. The highest BCUT2D eigenvalue weighted by Crippen LogP contribution is 2.21. The van der Waals surface area contributed by atoms with Crippen LogP contribution in [0, 0.1) is 0 Å². The average molecular weight is 333 g/mol. The molecule has 0 saturated heterocycles. The third-order valence-electron chi connectivity index (χ3n) is 3.60. The number of benzene rings is 1. The van der Waals surface area contributed by atoms with Crippen molar-refractivity contribution >= 4 is 15.9 Å². The van der Waals surface area contributed by atoms with Gasteiger partial charge in [-0.2, -0.15) is 0 Å². The second-order valence-electron chi connectivity index (χ2n) is 5.87. The molecule has 7 heteroatoms. The smallest absolute Gasteiger partial charge is 0.251 e. The lowest BCUT2D eigenvalue weighted by atomic mass is 9.85. The Morgan fingerprint density at radius 1 is 1.13 bits per heavy atom. The number of aromatic nitrogens is 1. The van der Waals surface area contributed by atoms with Crippen LogP contribution >= 0.6 is 0 Å². The summed E-state index contributed by atoms with van der Waals surface area (Å²) < 4.78 is 22.4. The largest absolute Gasteiger partial charge is 0.351 e. The molecular weight excluding hydrogens is 314 g/mol. The number of sulfonamides is 1. The molecule has 0 fully saturated rings. The number of amides is 1. The molecule has 1 amide bonds. The molecule has 2 rings (SSSR count). The van der Waals surface area contributed by atoms with Crippen LogP contribution in [0.5, 0.6) is 0 Å². The van der Waals surface area contributed by atoms with Crippen molar-refractivity contribution in [2.75, 3.05) is 6.54 Å². The van der Waals surface area contributed by atoms with Gasteiger partial charge in [-0.05, 0) is 42.0 Å². The van der Waals surface area contributed by atoms with E-state index in [9.17, 15) is 13.2 Å². The van der Waals surface area contributed by atoms with E-state index in [0.717, 1.165) is 5.56 Å². The zero-order valence-corrected chi connectivity index (χ0v) is 13.8. The molecule has 1 heterocycles. The minimum Gasteiger partial charge on any atom is -0.351 e. The lowest BCUT2D eigenvalue weighted by Gasteiger charge is -2.25. The van der Waals surface area contributed by atoms with Crippen molar-refractivity contribution in [1.82, 2.24) is 10.3 Å². The maximum absolute atomic E-state index is 12.2. The molecule has 0 aliphatic heterocycles. The fourth-order valence-electron chi connectivity index (χ4n) is 2.10. The zero-order valence-electron chi connectivity index (χ0n) is 13.0. The van der Waals surface area contributed by atoms with E-state index in [1.54, 1.807) is 12.4 Å². The molecule has 0 aliphatic rings. The van der Waals surface area contributed by atoms with E-state index in [1.165, 1.54) is 24.3 Å². The fraction of sp³-hybridized carbons (Fsp3) is 0.250. The molecule has 0 unspecified atom stereocenters. The van der Waals surface area contributed by atoms with Crippen molar-refractivity contribution < 1.29 is 13.2 Å². The van der Waals surface area contributed by atoms with Crippen molar-refractivity contribution in [1.29, 1.82) is 0 Å². The Labute approximate surface area is 135 Å². The summed E-state index contributed by atoms with van der Waals surface area (Å²) in [7, 11) is -3.75. The van der Waals surface area contributed by atoms with Gasteiger partial charge in [0, 0.05) is 29.9 Å². The first kappa shape index (κ1) is 17.1. The lowest BCUT2D eigenvalue weighted by Crippen LogP contribution is -2.36. The normalized spacial score (nSPS) is 12.0. The molecule has 1 aromatic carbocycles. The number of primary sulfonamides is 1. The molecule has 0 saturated carbocycles. The van der Waals surface area contributed by atoms with Crippen molar-refractivity contribution in [3.05, 3.63) is 59.9 Å². The highest BCUT2D eigenvalue weighted by atomic mass is 32.2. The van der Waals surface area contributed by atoms with Crippen molar-refractivity contribution in [3.63, 3.8) is 0 Å². The summed E-state index contributed by atoms with van der Waals surface area (Å²) in [5.74, 6) is -0.270. The first-order chi connectivity index (χ1) is 10.7. The Balaban J connectivity index is 2.05. The number of nitrogens with zero attached hydrogens (tertiary/aromatic N) is 1. The first-order valence-electron chi connectivity index (χ1n) is 7.02. The van der Waals surface area contributed by atoms with Crippen molar-refractivity contribution in [2.45, 2.75) is 24.2 Å². The average Bonchev–Trinajstić information content (AvgIpc) is 2.53. The second kappa shape index (κ2) is 6.47. The van der Waals surface area contributed by atoms with Crippen LogP contribution in [0.15, 0.2) is 53.7 Å². The molecule has 0 bridgehead atoms. The number of carbonyl (C=O) groups excluding carboxylic acids is 1. The maximum Gasteiger partial charge on any atom is 0.251 e. The van der Waals surface area contributed by atoms with Crippen LogP contribution in [0.3, 0.4) is 0 Å². The van der Waals surface area contributed by atoms with Crippen LogP contribution in [0.4, 0.5) is 0 Å². The van der Waals surface area contributed by atoms with Crippen molar-refractivity contribution in [2.24, 2.45) is 5.14 Å². The minimum absolute atomic E-state index is 0.0221. The van der Waals surface area contributed by atoms with E-state index < -0.39 is 10.0 Å². The van der Waals surface area contributed by atoms with Gasteiger partial charge in [0.1, 0.15) is 0 Å². The van der Waals surface area contributed by atoms with Crippen molar-refractivity contribution in [3.8, 4) is 0 Å². The molecule has 3 N–H and O–H groups in total. The Morgan fingerprint density at radius 3 is 2.22 bits per heavy atom. The van der Waals surface area contributed by atoms with Gasteiger partial charge in [-0.15, -0.1) is 0 Å². The molecule has 0 spiro atoms. The molecule has 122 valence electrons. The number of hydrogen-bond acceptors (Lipinski definition) is 4. The molecule has 1 aromatic heterocycles. The van der Waals surface area contributed by atoms with E-state index in [-0.39, 0.29) is 16.2 Å². The lowest BCUT2D eigenvalue weighted by molar-refractivity contribution is 0.0945. The van der Waals surface area contributed by atoms with Crippen LogP contribution in [0.1, 0.15) is 29.8 Å². The van der Waals surface area contributed by atoms with E-state index in [0.29, 0.717) is 12.1 Å². The van der Waals surface area contributed by atoms with Gasteiger partial charge in [-0.25, -0.2) is 13.6 Å². The van der Waals surface area contributed by atoms with Crippen LogP contribution in [-0.4, -0.2) is 25.9 Å². The number of pyridine rings is 1. The van der Waals surface area contributed by atoms with Gasteiger partial charge in [0.2, 0.25) is 10.0 Å². The van der Waals surface area contributed by atoms with E-state index >= 15 is 0 Å². The van der Waals surface area contributed by atoms with Crippen LogP contribution < -0.4 is 10.5 Å². The van der Waals surface area contributed by atoms with Crippen LogP contribution in [0.2, 0.25) is 0 Å². The Hall–Kier alpha value is -2.25. The summed E-state index contributed by atoms with van der Waals surface area (Å²) in [5.41, 5.74) is 1.19. The van der Waals surface area contributed by atoms with Gasteiger partial charge >= 0.3 is 0 Å². The summed E-state index contributed by atoms with van der Waals surface area (Å²) in [4.78, 5) is 16.1. The Kier molecular flexibility index (Phi) is 4.82. The summed E-state index contributed by atoms with van der Waals surface area (Å²) in [6.45, 7) is 4.48. The number of nitrogens with one attached hydrogen (secondary N) is 1. The number of nitrogens with two attached hydrogens (primary N) is 1. The van der Waals surface area contributed by atoms with Gasteiger partial charge in [0.25, 0.3) is 5.91 Å². The number of hydrogen-bond donors (Lipinski definition) is 2. The third-order valence-corrected chi connectivity index (χ3v) is 4.53. The summed E-state index contributed by atoms with van der Waals surface area (Å²) in [6, 6.07) is 9.33. The molecule has 6 nitrogen and oxygen atoms in total. The summed E-state index contributed by atoms with van der Waals surface area (Å²) in [6.07, 6.45) is 3.43. The highest BCUT2D eigenvalue weighted by molar-refractivity contribution is 7.89. The van der Waals surface area contributed by atoms with E-state index in [2.05, 4.69) is 10.3 Å². The highest BCUT2D eigenvalue weighted by Gasteiger charge is 2.21. The Bertz CT molecular complexity index is 785. The van der Waals surface area contributed by atoms with E-state index in [1.807, 2.05) is 26.0 Å². The first-order valence-corrected chi connectivity index (χ1v) is 8.56. The standard InChI is InChI=1S/C16H19N3O3S/c1-16(2,13-7-9-18-10-8-13)11-19-15(20)12-3-5-14(6-4-12)23(17,21)22/h3-10H,11H2,1-2H3,(H,19,20)(H2,17,21,22). The number of carbonyl (C=O) groups is 1. The topological polar surface area (TPSA) is 102 Å². The molecular formula is C16H19N3O3S. The maximum atomic E-state index is 12.2. The monoisotopic (exact) mass is 333 g/mol. The molecule has 23 heavy (non-hydrogen) atoms. The predicted molar refractivity (Wildman–Crippen MR) is 87.4 cm³/mol. The summed E-state index contributed by atoms with van der Waals surface area (Å²) in [5, 5.41) is 7.89. The van der Waals surface area contributed by atoms with Crippen LogP contribution in [-0.2, 0) is 15.4 Å². The predicted octanol–water partition coefficient (Wildman–Crippen LogP) is 1.44. The van der Waals surface area contributed by atoms with Gasteiger partial charge in [-0.3, -0.25) is 9.78 Å². The summed E-state index contributed by atoms with van der Waals surface area (Å²) >= 11 is 0. The van der Waals surface area contributed by atoms with Gasteiger partial charge in [0.05, 0.1) is 4.90 Å². The fourth-order valence-corrected chi connectivity index (χ4v) is 2.62. The third kappa shape index (κ3) is 4.37. The van der Waals surface area contributed by atoms with Gasteiger partial charge < -0.3 is 5.32 Å². The second-order valence-corrected chi connectivity index (χ2v) is 7.43. The minimum atomic E-state index is -3.75. The van der Waals surface area contributed by atoms with Gasteiger partial charge in [0.15, 0.2) is 0 Å². The van der Waals surface area contributed by atoms with Crippen LogP contribution in [0.25, 0.3) is 0 Å². The molecule has 0 radical (unpaired) electrons. The quantitative estimate of drug-likeness (QED) is 0.864.